The summed E-state index contributed by atoms with van der Waals surface area (Å²) in [4.78, 5) is 74.9. The summed E-state index contributed by atoms with van der Waals surface area (Å²) in [5.41, 5.74) is 8.67. The van der Waals surface area contributed by atoms with E-state index in [0.717, 1.165) is 75.5 Å². The number of imidazole rings is 2. The van der Waals surface area contributed by atoms with Crippen molar-refractivity contribution in [1.82, 2.24) is 40.4 Å². The van der Waals surface area contributed by atoms with Gasteiger partial charge in [0.2, 0.25) is 5.91 Å². The normalized spacial score (nSPS) is 23.9. The minimum absolute atomic E-state index is 0.0716. The van der Waals surface area contributed by atoms with Gasteiger partial charge >= 0.3 is 12.2 Å². The number of hydrogen-bond acceptors (Lipinski definition) is 10. The van der Waals surface area contributed by atoms with Crippen molar-refractivity contribution in [2.75, 3.05) is 14.2 Å². The first kappa shape index (κ1) is 46.0. The Bertz CT molecular complexity index is 2920. The van der Waals surface area contributed by atoms with Crippen molar-refractivity contribution < 1.29 is 38.1 Å². The Morgan fingerprint density at radius 3 is 1.79 bits per heavy atom. The van der Waals surface area contributed by atoms with Gasteiger partial charge in [0.05, 0.1) is 50.1 Å². The first-order chi connectivity index (χ1) is 34.4. The molecule has 2 aromatic heterocycles. The molecule has 16 heteroatoms. The number of nitrogens with zero attached hydrogens (tertiary/aromatic N) is 4. The summed E-state index contributed by atoms with van der Waals surface area (Å²) in [6, 6.07) is 14.9. The Kier molecular flexibility index (Phi) is 12.0. The second-order valence-corrected chi connectivity index (χ2v) is 20.3. The number of H-pyrrole nitrogens is 2. The standard InChI is InChI=1S/C55H60N8O8/c1-30-14-16-41(62(30)51(64)47(60-53(66)68-4)34-10-7-6-8-11-34)49-56-26-39(58-49)35-22-37-28-71-44-25-36(23-38-29-70-43(24-35)45(37)46(38)44)40-27-57-50(59-40)42-17-15-31(2)63(42)52(65)48(61-54(67)69-5)55(3)20-18-33(19-21-55)32-12-9-13-32/h6-8,10-11,18-20,22-27,30-32,41-42,47-48H,9,12-17,21,28-29H2,1-5H3,(H,56,58)(H,57,59)(H,60,66)(H,61,67)/t30-,31-,41-,42-,47+,48-,55-/m0/s1. The molecule has 5 aromatic rings. The second kappa shape index (κ2) is 18.4. The maximum absolute atomic E-state index is 14.8. The first-order valence-corrected chi connectivity index (χ1v) is 24.9. The Balaban J connectivity index is 0.826. The third kappa shape index (κ3) is 8.29. The van der Waals surface area contributed by atoms with E-state index in [4.69, 9.17) is 28.9 Å². The summed E-state index contributed by atoms with van der Waals surface area (Å²) in [5.74, 6) is 3.04. The highest BCUT2D eigenvalue weighted by atomic mass is 16.5. The number of ether oxygens (including phenoxy) is 4. The zero-order valence-electron chi connectivity index (χ0n) is 40.8. The fourth-order valence-corrected chi connectivity index (χ4v) is 11.7. The Morgan fingerprint density at radius 2 is 1.28 bits per heavy atom. The molecular formula is C55H60N8O8. The summed E-state index contributed by atoms with van der Waals surface area (Å²) >= 11 is 0. The molecule has 71 heavy (non-hydrogen) atoms. The fraction of sp³-hybridized carbons (Fsp3) is 0.418. The van der Waals surface area contributed by atoms with Gasteiger partial charge in [-0.2, -0.15) is 0 Å². The van der Waals surface area contributed by atoms with E-state index in [9.17, 15) is 19.2 Å². The Morgan fingerprint density at radius 1 is 0.732 bits per heavy atom. The van der Waals surface area contributed by atoms with Crippen LogP contribution in [-0.2, 0) is 32.3 Å². The van der Waals surface area contributed by atoms with E-state index in [1.807, 2.05) is 72.3 Å². The number of rotatable bonds is 11. The number of nitrogens with one attached hydrogen (secondary N) is 4. The van der Waals surface area contributed by atoms with Crippen LogP contribution >= 0.6 is 0 Å². The molecule has 0 unspecified atom stereocenters. The van der Waals surface area contributed by atoms with Crippen LogP contribution in [-0.4, -0.2) is 86.1 Å². The van der Waals surface area contributed by atoms with Gasteiger partial charge in [-0.1, -0.05) is 61.9 Å². The van der Waals surface area contributed by atoms with E-state index in [1.165, 1.54) is 39.1 Å². The van der Waals surface area contributed by atoms with Crippen molar-refractivity contribution in [2.24, 2.45) is 11.3 Å². The lowest BCUT2D eigenvalue weighted by molar-refractivity contribution is -0.139. The number of carbonyl (C=O) groups excluding carboxylic acids is 4. The third-order valence-corrected chi connectivity index (χ3v) is 15.9. The lowest BCUT2D eigenvalue weighted by atomic mass is 9.71. The van der Waals surface area contributed by atoms with Gasteiger partial charge in [-0.15, -0.1) is 0 Å². The summed E-state index contributed by atoms with van der Waals surface area (Å²) in [5, 5.41) is 5.67. The topological polar surface area (TPSA) is 193 Å². The second-order valence-electron chi connectivity index (χ2n) is 20.3. The maximum atomic E-state index is 14.8. The highest BCUT2D eigenvalue weighted by molar-refractivity contribution is 5.90. The number of alkyl carbamates (subject to hydrolysis) is 2. The van der Waals surface area contributed by atoms with Crippen molar-refractivity contribution >= 4 is 24.0 Å². The summed E-state index contributed by atoms with van der Waals surface area (Å²) in [6.07, 6.45) is 16.1. The van der Waals surface area contributed by atoms with Crippen LogP contribution in [0.3, 0.4) is 0 Å². The molecule has 6 heterocycles. The molecule has 11 rings (SSSR count). The highest BCUT2D eigenvalue weighted by Crippen LogP contribution is 2.51. The van der Waals surface area contributed by atoms with Gasteiger partial charge < -0.3 is 49.3 Å². The van der Waals surface area contributed by atoms with Crippen molar-refractivity contribution in [2.45, 2.75) is 122 Å². The minimum Gasteiger partial charge on any atom is -0.488 e. The van der Waals surface area contributed by atoms with Gasteiger partial charge in [0.1, 0.15) is 48.4 Å². The molecule has 4 N–H and O–H groups in total. The van der Waals surface area contributed by atoms with E-state index >= 15 is 0 Å². The number of aromatic nitrogens is 4. The largest absolute Gasteiger partial charge is 0.488 e. The molecule has 2 saturated heterocycles. The highest BCUT2D eigenvalue weighted by Gasteiger charge is 2.47. The molecule has 7 atom stereocenters. The predicted octanol–water partition coefficient (Wildman–Crippen LogP) is 9.54. The van der Waals surface area contributed by atoms with E-state index in [-0.39, 0.29) is 36.0 Å². The molecule has 3 fully saturated rings. The number of hydrogen-bond donors (Lipinski definition) is 4. The molecular weight excluding hydrogens is 901 g/mol. The Hall–Kier alpha value is -7.36. The molecule has 0 radical (unpaired) electrons. The smallest absolute Gasteiger partial charge is 0.407 e. The van der Waals surface area contributed by atoms with Crippen LogP contribution in [0, 0.1) is 11.3 Å². The molecule has 2 aliphatic carbocycles. The van der Waals surface area contributed by atoms with Gasteiger partial charge in [0.15, 0.2) is 0 Å². The van der Waals surface area contributed by atoms with E-state index < -0.39 is 29.7 Å². The minimum atomic E-state index is -0.926. The van der Waals surface area contributed by atoms with Gasteiger partial charge in [-0.25, -0.2) is 19.6 Å². The lowest BCUT2D eigenvalue weighted by Gasteiger charge is -2.41. The van der Waals surface area contributed by atoms with Crippen LogP contribution in [0.15, 0.2) is 90.8 Å². The number of methoxy groups -OCH3 is 2. The summed E-state index contributed by atoms with van der Waals surface area (Å²) in [6.45, 7) is 6.76. The van der Waals surface area contributed by atoms with Gasteiger partial charge in [0, 0.05) is 50.9 Å². The fourth-order valence-electron chi connectivity index (χ4n) is 11.7. The number of amides is 4. The van der Waals surface area contributed by atoms with E-state index in [1.54, 1.807) is 6.20 Å². The molecule has 368 valence electrons. The van der Waals surface area contributed by atoms with Crippen molar-refractivity contribution in [3.63, 3.8) is 0 Å². The molecule has 0 spiro atoms. The SMILES string of the molecule is COC(=O)N[C@@H](C(=O)N1[C@@H](C)CC[C@H]1c1ncc(-c2cc3c4c(c2)OCc2cc(-c5cnc([C@@H]6CC[C@H](C)N6C(=O)[C@H](NC(=O)OC)[C@@]6(C)C=CC(C7CCC7)=CC6)[nH]5)cc(c2-4)OC3)[nH]1)c1ccccc1. The molecule has 4 amide bonds. The monoisotopic (exact) mass is 960 g/mol. The maximum Gasteiger partial charge on any atom is 0.407 e. The number of allylic oxidation sites excluding steroid dienone is 3. The first-order valence-electron chi connectivity index (χ1n) is 24.9. The van der Waals surface area contributed by atoms with E-state index in [2.05, 4.69) is 57.9 Å². The summed E-state index contributed by atoms with van der Waals surface area (Å²) < 4.78 is 23.0. The van der Waals surface area contributed by atoms with Crippen LogP contribution in [0.2, 0.25) is 0 Å². The average molecular weight is 961 g/mol. The number of likely N-dealkylation sites (tertiary alicyclic amines) is 2. The van der Waals surface area contributed by atoms with Crippen LogP contribution in [0.1, 0.15) is 119 Å². The number of carbonyl (C=O) groups is 4. The number of aromatic amines is 2. The molecule has 4 aliphatic heterocycles. The summed E-state index contributed by atoms with van der Waals surface area (Å²) in [7, 11) is 2.61. The van der Waals surface area contributed by atoms with Crippen molar-refractivity contribution in [3.05, 3.63) is 119 Å². The Labute approximate surface area is 412 Å². The average Bonchev–Trinajstić information content (AvgIpc) is 4.21. The van der Waals surface area contributed by atoms with Crippen molar-refractivity contribution in [3.8, 4) is 45.1 Å². The lowest BCUT2D eigenvalue weighted by Crippen LogP contribution is -2.57. The zero-order chi connectivity index (χ0) is 49.1. The van der Waals surface area contributed by atoms with Gasteiger partial charge in [-0.3, -0.25) is 9.59 Å². The van der Waals surface area contributed by atoms with Crippen LogP contribution in [0.5, 0.6) is 11.5 Å². The molecule has 0 bridgehead atoms. The molecule has 3 aromatic carbocycles. The van der Waals surface area contributed by atoms with Gasteiger partial charge in [-0.05, 0) is 100 Å². The predicted molar refractivity (Wildman–Crippen MR) is 264 cm³/mol. The number of benzene rings is 3. The van der Waals surface area contributed by atoms with Crippen LogP contribution in [0.4, 0.5) is 9.59 Å². The van der Waals surface area contributed by atoms with Crippen LogP contribution < -0.4 is 20.1 Å². The van der Waals surface area contributed by atoms with E-state index in [0.29, 0.717) is 49.2 Å². The van der Waals surface area contributed by atoms with Gasteiger partial charge in [0.25, 0.3) is 5.91 Å². The zero-order valence-corrected chi connectivity index (χ0v) is 40.8. The molecule has 16 nitrogen and oxygen atoms in total. The molecule has 1 saturated carbocycles. The third-order valence-electron chi connectivity index (χ3n) is 15.9. The van der Waals surface area contributed by atoms with Crippen molar-refractivity contribution in [1.29, 1.82) is 0 Å². The van der Waals surface area contributed by atoms with Crippen LogP contribution in [0.25, 0.3) is 33.6 Å². The quantitative estimate of drug-likeness (QED) is 0.0991. The molecule has 6 aliphatic rings.